The summed E-state index contributed by atoms with van der Waals surface area (Å²) >= 11 is 0. The Morgan fingerprint density at radius 2 is 1.95 bits per heavy atom. The zero-order valence-corrected chi connectivity index (χ0v) is 22.2. The van der Waals surface area contributed by atoms with Gasteiger partial charge in [-0.25, -0.2) is 18.4 Å². The van der Waals surface area contributed by atoms with Gasteiger partial charge in [-0.15, -0.1) is 0 Å². The normalized spacial score (nSPS) is 15.9. The van der Waals surface area contributed by atoms with Gasteiger partial charge in [-0.05, 0) is 67.3 Å². The number of benzene rings is 1. The van der Waals surface area contributed by atoms with Gasteiger partial charge in [0.25, 0.3) is 5.91 Å². The van der Waals surface area contributed by atoms with Crippen molar-refractivity contribution >= 4 is 38.3 Å². The number of carbonyl (C=O) groups is 1. The van der Waals surface area contributed by atoms with Crippen LogP contribution < -0.4 is 16.0 Å². The lowest BCUT2D eigenvalue weighted by Crippen LogP contribution is -2.35. The number of hydrogen-bond donors (Lipinski definition) is 2. The lowest BCUT2D eigenvalue weighted by Gasteiger charge is -2.33. The summed E-state index contributed by atoms with van der Waals surface area (Å²) in [6.07, 6.45) is 6.90. The van der Waals surface area contributed by atoms with Crippen molar-refractivity contribution in [1.29, 1.82) is 0 Å². The first-order valence-electron chi connectivity index (χ1n) is 12.5. The number of nitrogen functional groups attached to an aromatic ring is 1. The number of aromatic nitrogens is 3. The SMILES string of the molecule is Cc1ccc(C(=O)NCc2cc3nc(N4CCCC(c5ccc(N)nc5)C4)ccc3cn2)cc1S(C)(=O)=O. The van der Waals surface area contributed by atoms with Crippen LogP contribution in [0.3, 0.4) is 0 Å². The quantitative estimate of drug-likeness (QED) is 0.386. The zero-order valence-electron chi connectivity index (χ0n) is 21.4. The maximum Gasteiger partial charge on any atom is 0.251 e. The minimum absolute atomic E-state index is 0.151. The number of carbonyl (C=O) groups excluding carboxylic acids is 1. The minimum atomic E-state index is -3.43. The van der Waals surface area contributed by atoms with Crippen molar-refractivity contribution in [3.63, 3.8) is 0 Å². The van der Waals surface area contributed by atoms with E-state index in [0.717, 1.165) is 48.9 Å². The van der Waals surface area contributed by atoms with Gasteiger partial charge in [-0.2, -0.15) is 0 Å². The number of pyridine rings is 3. The van der Waals surface area contributed by atoms with E-state index in [1.165, 1.54) is 11.6 Å². The summed E-state index contributed by atoms with van der Waals surface area (Å²) in [4.78, 5) is 28.8. The molecule has 3 N–H and O–H groups in total. The third-order valence-corrected chi connectivity index (χ3v) is 8.16. The predicted molar refractivity (Wildman–Crippen MR) is 148 cm³/mol. The monoisotopic (exact) mass is 530 g/mol. The number of amides is 1. The predicted octanol–water partition coefficient (Wildman–Crippen LogP) is 3.63. The molecule has 1 aliphatic heterocycles. The number of nitrogens with one attached hydrogen (secondary N) is 1. The third kappa shape index (κ3) is 5.60. The fourth-order valence-electron chi connectivity index (χ4n) is 4.85. The van der Waals surface area contributed by atoms with Crippen LogP contribution in [0.1, 0.15) is 45.9 Å². The van der Waals surface area contributed by atoms with Crippen LogP contribution in [0.5, 0.6) is 0 Å². The zero-order chi connectivity index (χ0) is 26.9. The highest BCUT2D eigenvalue weighted by Crippen LogP contribution is 2.30. The van der Waals surface area contributed by atoms with Crippen LogP contribution in [-0.4, -0.2) is 48.6 Å². The maximum absolute atomic E-state index is 12.7. The number of rotatable bonds is 6. The summed E-state index contributed by atoms with van der Waals surface area (Å²) in [5, 5.41) is 3.75. The number of aryl methyl sites for hydroxylation is 1. The average Bonchev–Trinajstić information content (AvgIpc) is 2.91. The molecule has 4 aromatic rings. The average molecular weight is 531 g/mol. The van der Waals surface area contributed by atoms with E-state index in [-0.39, 0.29) is 22.9 Å². The Morgan fingerprint density at radius 3 is 2.71 bits per heavy atom. The number of piperidine rings is 1. The Hall–Kier alpha value is -4.05. The molecule has 10 heteroatoms. The molecule has 1 saturated heterocycles. The molecule has 1 fully saturated rings. The van der Waals surface area contributed by atoms with Crippen LogP contribution in [-0.2, 0) is 16.4 Å². The summed E-state index contributed by atoms with van der Waals surface area (Å²) in [5.41, 5.74) is 9.29. The van der Waals surface area contributed by atoms with Crippen LogP contribution in [0.25, 0.3) is 10.9 Å². The van der Waals surface area contributed by atoms with E-state index >= 15 is 0 Å². The molecule has 3 aromatic heterocycles. The summed E-state index contributed by atoms with van der Waals surface area (Å²) in [6, 6.07) is 14.5. The molecule has 5 rings (SSSR count). The molecule has 9 nitrogen and oxygen atoms in total. The Labute approximate surface area is 222 Å². The maximum atomic E-state index is 12.7. The summed E-state index contributed by atoms with van der Waals surface area (Å²) < 4.78 is 24.0. The summed E-state index contributed by atoms with van der Waals surface area (Å²) in [7, 11) is -3.43. The molecule has 0 bridgehead atoms. The first kappa shape index (κ1) is 25.6. The molecule has 0 saturated carbocycles. The van der Waals surface area contributed by atoms with Gasteiger partial charge in [-0.3, -0.25) is 9.78 Å². The Bertz CT molecular complexity index is 1610. The van der Waals surface area contributed by atoms with E-state index in [1.807, 2.05) is 30.5 Å². The molecule has 1 aromatic carbocycles. The van der Waals surface area contributed by atoms with Gasteiger partial charge in [0, 0.05) is 48.6 Å². The smallest absolute Gasteiger partial charge is 0.251 e. The van der Waals surface area contributed by atoms with Gasteiger partial charge in [0.15, 0.2) is 9.84 Å². The number of fused-ring (bicyclic) bond motifs is 1. The second-order valence-corrected chi connectivity index (χ2v) is 11.8. The van der Waals surface area contributed by atoms with E-state index in [9.17, 15) is 13.2 Å². The Kier molecular flexibility index (Phi) is 6.98. The van der Waals surface area contributed by atoms with E-state index in [1.54, 1.807) is 25.3 Å². The number of nitrogens with two attached hydrogens (primary N) is 1. The number of anilines is 2. The van der Waals surface area contributed by atoms with Crippen molar-refractivity contribution in [3.8, 4) is 0 Å². The molecule has 0 aliphatic carbocycles. The lowest BCUT2D eigenvalue weighted by molar-refractivity contribution is 0.0950. The van der Waals surface area contributed by atoms with E-state index in [2.05, 4.69) is 26.3 Å². The Balaban J connectivity index is 1.30. The topological polar surface area (TPSA) is 131 Å². The van der Waals surface area contributed by atoms with Crippen molar-refractivity contribution in [1.82, 2.24) is 20.3 Å². The molecule has 38 heavy (non-hydrogen) atoms. The van der Waals surface area contributed by atoms with E-state index in [0.29, 0.717) is 23.0 Å². The first-order valence-corrected chi connectivity index (χ1v) is 14.4. The highest BCUT2D eigenvalue weighted by atomic mass is 32.2. The largest absolute Gasteiger partial charge is 0.384 e. The van der Waals surface area contributed by atoms with Crippen molar-refractivity contribution in [2.24, 2.45) is 0 Å². The molecule has 0 radical (unpaired) electrons. The van der Waals surface area contributed by atoms with Crippen LogP contribution in [0.2, 0.25) is 0 Å². The van der Waals surface area contributed by atoms with Gasteiger partial charge in [0.05, 0.1) is 22.7 Å². The molecule has 1 aliphatic rings. The molecule has 1 atom stereocenters. The minimum Gasteiger partial charge on any atom is -0.384 e. The fraction of sp³-hybridized carbons (Fsp3) is 0.286. The second kappa shape index (κ2) is 10.4. The van der Waals surface area contributed by atoms with Crippen LogP contribution in [0, 0.1) is 6.92 Å². The molecule has 0 spiro atoms. The van der Waals surface area contributed by atoms with Gasteiger partial charge >= 0.3 is 0 Å². The van der Waals surface area contributed by atoms with Crippen molar-refractivity contribution in [2.75, 3.05) is 30.0 Å². The second-order valence-electron chi connectivity index (χ2n) is 9.77. The van der Waals surface area contributed by atoms with Gasteiger partial charge in [0.2, 0.25) is 0 Å². The fourth-order valence-corrected chi connectivity index (χ4v) is 5.84. The van der Waals surface area contributed by atoms with Gasteiger partial charge in [-0.1, -0.05) is 12.1 Å². The van der Waals surface area contributed by atoms with Gasteiger partial charge < -0.3 is 16.0 Å². The molecule has 4 heterocycles. The van der Waals surface area contributed by atoms with Crippen LogP contribution in [0.15, 0.2) is 65.8 Å². The number of sulfone groups is 1. The summed E-state index contributed by atoms with van der Waals surface area (Å²) in [6.45, 7) is 3.68. The first-order chi connectivity index (χ1) is 18.2. The van der Waals surface area contributed by atoms with Crippen molar-refractivity contribution in [2.45, 2.75) is 37.1 Å². The van der Waals surface area contributed by atoms with E-state index < -0.39 is 9.84 Å². The van der Waals surface area contributed by atoms with Crippen molar-refractivity contribution in [3.05, 3.63) is 83.3 Å². The Morgan fingerprint density at radius 1 is 1.11 bits per heavy atom. The van der Waals surface area contributed by atoms with Gasteiger partial charge in [0.1, 0.15) is 11.6 Å². The molecular weight excluding hydrogens is 500 g/mol. The standard InChI is InChI=1S/C28H30N6O3S/c1-18-5-6-19(12-25(18)38(2,36)37)28(35)32-16-23-13-24-21(15-30-23)8-10-27(33-24)34-11-3-4-22(17-34)20-7-9-26(29)31-14-20/h5-10,12-15,22H,3-4,11,16-17H2,1-2H3,(H2,29,31)(H,32,35). The lowest BCUT2D eigenvalue weighted by atomic mass is 9.91. The van der Waals surface area contributed by atoms with E-state index in [4.69, 9.17) is 10.7 Å². The molecule has 1 unspecified atom stereocenters. The van der Waals surface area contributed by atoms with Crippen LogP contribution >= 0.6 is 0 Å². The highest BCUT2D eigenvalue weighted by Gasteiger charge is 2.23. The van der Waals surface area contributed by atoms with Crippen LogP contribution in [0.4, 0.5) is 11.6 Å². The number of nitrogens with zero attached hydrogens (tertiary/aromatic N) is 4. The molecule has 196 valence electrons. The molecule has 1 amide bonds. The third-order valence-electron chi connectivity index (χ3n) is 6.92. The number of hydrogen-bond acceptors (Lipinski definition) is 8. The summed E-state index contributed by atoms with van der Waals surface area (Å²) in [5.74, 6) is 1.42. The molecular formula is C28H30N6O3S. The highest BCUT2D eigenvalue weighted by molar-refractivity contribution is 7.90. The van der Waals surface area contributed by atoms with Crippen molar-refractivity contribution < 1.29 is 13.2 Å².